The molecule has 2 N–H and O–H groups in total. The van der Waals surface area contributed by atoms with Crippen LogP contribution in [0.5, 0.6) is 5.75 Å². The number of fused-ring (bicyclic) bond motifs is 1. The van der Waals surface area contributed by atoms with Crippen molar-refractivity contribution in [2.45, 2.75) is 75.3 Å². The molecular formula is C48H57N9O5. The number of benzene rings is 3. The topological polar surface area (TPSA) is 149 Å². The lowest BCUT2D eigenvalue weighted by Gasteiger charge is -2.46. The Hall–Kier alpha value is -6.02. The predicted molar refractivity (Wildman–Crippen MR) is 239 cm³/mol. The quantitative estimate of drug-likeness (QED) is 0.179. The number of carbonyl (C=O) groups excluding carboxylic acids is 3. The van der Waals surface area contributed by atoms with E-state index in [1.807, 2.05) is 55.6 Å². The Labute approximate surface area is 362 Å². The number of amides is 3. The number of hydrogen-bond acceptors (Lipinski definition) is 10. The zero-order valence-corrected chi connectivity index (χ0v) is 35.8. The Morgan fingerprint density at radius 1 is 0.855 bits per heavy atom. The van der Waals surface area contributed by atoms with Gasteiger partial charge in [-0.1, -0.05) is 48.5 Å². The van der Waals surface area contributed by atoms with Crippen molar-refractivity contribution in [3.63, 3.8) is 0 Å². The van der Waals surface area contributed by atoms with Crippen molar-refractivity contribution >= 4 is 40.1 Å². The third-order valence-electron chi connectivity index (χ3n) is 14.4. The Morgan fingerprint density at radius 3 is 2.31 bits per heavy atom. The minimum Gasteiger partial charge on any atom is -0.507 e. The molecule has 0 radical (unpaired) electrons. The molecule has 3 aromatic carbocycles. The summed E-state index contributed by atoms with van der Waals surface area (Å²) in [4.78, 5) is 62.1. The van der Waals surface area contributed by atoms with E-state index in [0.717, 1.165) is 92.8 Å². The Balaban J connectivity index is 0.787. The molecule has 324 valence electrons. The van der Waals surface area contributed by atoms with Crippen LogP contribution in [0.15, 0.2) is 89.9 Å². The maximum atomic E-state index is 14.8. The van der Waals surface area contributed by atoms with E-state index >= 15 is 0 Å². The molecule has 5 aromatic rings. The van der Waals surface area contributed by atoms with Gasteiger partial charge >= 0.3 is 5.69 Å². The molecule has 9 rings (SSSR count). The summed E-state index contributed by atoms with van der Waals surface area (Å²) in [7, 11) is 3.78. The summed E-state index contributed by atoms with van der Waals surface area (Å²) >= 11 is 0. The zero-order chi connectivity index (χ0) is 43.0. The van der Waals surface area contributed by atoms with Crippen molar-refractivity contribution in [3.05, 3.63) is 101 Å². The fourth-order valence-electron chi connectivity index (χ4n) is 10.6. The summed E-state index contributed by atoms with van der Waals surface area (Å²) in [6.45, 7) is 6.19. The fraction of sp³-hybridized carbons (Fsp3) is 0.458. The molecule has 4 saturated heterocycles. The summed E-state index contributed by atoms with van der Waals surface area (Å²) in [6.07, 6.45) is 8.86. The van der Waals surface area contributed by atoms with Crippen molar-refractivity contribution in [1.82, 2.24) is 34.4 Å². The van der Waals surface area contributed by atoms with E-state index in [-0.39, 0.29) is 35.7 Å². The molecule has 1 atom stereocenters. The molecule has 0 aliphatic carbocycles. The van der Waals surface area contributed by atoms with Crippen molar-refractivity contribution in [2.24, 2.45) is 13.0 Å². The highest BCUT2D eigenvalue weighted by atomic mass is 16.3. The Bertz CT molecular complexity index is 2500. The number of carbonyl (C=O) groups is 3. The fourth-order valence-corrected chi connectivity index (χ4v) is 10.6. The molecule has 4 aliphatic heterocycles. The number of imide groups is 1. The van der Waals surface area contributed by atoms with E-state index < -0.39 is 17.4 Å². The number of hydrogen-bond donors (Lipinski definition) is 2. The monoisotopic (exact) mass is 839 g/mol. The molecule has 4 fully saturated rings. The van der Waals surface area contributed by atoms with E-state index in [0.29, 0.717) is 49.5 Å². The number of aryl methyl sites for hydroxylation is 1. The van der Waals surface area contributed by atoms with E-state index in [1.54, 1.807) is 34.5 Å². The first-order valence-electron chi connectivity index (χ1n) is 22.3. The summed E-state index contributed by atoms with van der Waals surface area (Å²) in [5.74, 6) is 0.275. The van der Waals surface area contributed by atoms with Gasteiger partial charge in [0.15, 0.2) is 0 Å². The van der Waals surface area contributed by atoms with Crippen LogP contribution in [0.4, 0.5) is 11.4 Å². The molecule has 0 unspecified atom stereocenters. The zero-order valence-electron chi connectivity index (χ0n) is 35.8. The number of phenolic OH excluding ortho intramolecular Hbond substituents is 1. The van der Waals surface area contributed by atoms with Gasteiger partial charge < -0.3 is 24.7 Å². The van der Waals surface area contributed by atoms with Crippen molar-refractivity contribution in [3.8, 4) is 17.0 Å². The molecule has 2 aromatic heterocycles. The van der Waals surface area contributed by atoms with Crippen molar-refractivity contribution < 1.29 is 19.5 Å². The van der Waals surface area contributed by atoms with Crippen LogP contribution >= 0.6 is 0 Å². The third-order valence-corrected chi connectivity index (χ3v) is 14.4. The van der Waals surface area contributed by atoms with Gasteiger partial charge in [-0.15, -0.1) is 0 Å². The van der Waals surface area contributed by atoms with E-state index in [4.69, 9.17) is 0 Å². The lowest BCUT2D eigenvalue weighted by molar-refractivity contribution is -0.140. The van der Waals surface area contributed by atoms with Gasteiger partial charge in [-0.2, -0.15) is 10.2 Å². The second-order valence-electron chi connectivity index (χ2n) is 17.8. The smallest absolute Gasteiger partial charge is 0.329 e. The van der Waals surface area contributed by atoms with Crippen LogP contribution in [0.25, 0.3) is 22.3 Å². The number of nitrogens with one attached hydrogen (secondary N) is 1. The minimum atomic E-state index is -0.699. The third kappa shape index (κ3) is 7.84. The lowest BCUT2D eigenvalue weighted by atomic mass is 9.71. The largest absolute Gasteiger partial charge is 0.507 e. The summed E-state index contributed by atoms with van der Waals surface area (Å²) in [5.41, 5.74) is 4.98. The van der Waals surface area contributed by atoms with Crippen LogP contribution in [-0.2, 0) is 26.8 Å². The number of imidazole rings is 1. The average Bonchev–Trinajstić information content (AvgIpc) is 3.57. The maximum Gasteiger partial charge on any atom is 0.329 e. The van der Waals surface area contributed by atoms with Crippen LogP contribution in [-0.4, -0.2) is 111 Å². The van der Waals surface area contributed by atoms with Gasteiger partial charge in [-0.05, 0) is 99.7 Å². The van der Waals surface area contributed by atoms with E-state index in [2.05, 4.69) is 53.3 Å². The highest BCUT2D eigenvalue weighted by Gasteiger charge is 2.46. The highest BCUT2D eigenvalue weighted by molar-refractivity contribution is 6.00. The van der Waals surface area contributed by atoms with Gasteiger partial charge in [-0.25, -0.2) is 4.79 Å². The molecule has 0 spiro atoms. The van der Waals surface area contributed by atoms with Crippen LogP contribution in [0.1, 0.15) is 69.4 Å². The number of para-hydroxylation sites is 2. The van der Waals surface area contributed by atoms with E-state index in [9.17, 15) is 24.3 Å². The lowest BCUT2D eigenvalue weighted by Crippen LogP contribution is -2.56. The molecule has 6 heterocycles. The Morgan fingerprint density at radius 2 is 1.58 bits per heavy atom. The molecule has 4 aliphatic rings. The Kier molecular flexibility index (Phi) is 11.6. The normalized spacial score (nSPS) is 20.4. The number of likely N-dealkylation sites (tertiary alicyclic amines) is 1. The molecule has 14 heteroatoms. The average molecular weight is 840 g/mol. The number of aromatic nitrogens is 4. The summed E-state index contributed by atoms with van der Waals surface area (Å²) < 4.78 is 3.21. The standard InChI is InChI=1S/C48H57N9O5/c1-52(46(61)48(34-9-4-3-5-10-34)22-29-55(30-23-48)36-31-38(51-49-32-36)37-11-6-7-14-42(37)58)35-20-25-54(26-21-35)24-17-33-18-27-56(28-19-33)39-12-8-13-40-44(39)53(2)47(62)57(40)41-15-16-43(59)50-45(41)60/h3-14,31-33,35,41,58H,15-30H2,1-2H3,(H,50,59,60)/t41-/m1/s1. The molecule has 0 saturated carbocycles. The first kappa shape index (κ1) is 41.3. The van der Waals surface area contributed by atoms with Crippen molar-refractivity contribution in [1.29, 1.82) is 0 Å². The second kappa shape index (κ2) is 17.4. The number of anilines is 2. The predicted octanol–water partition coefficient (Wildman–Crippen LogP) is 5.25. The van der Waals surface area contributed by atoms with Crippen LogP contribution in [0, 0.1) is 5.92 Å². The van der Waals surface area contributed by atoms with Crippen LogP contribution in [0.2, 0.25) is 0 Å². The molecule has 62 heavy (non-hydrogen) atoms. The summed E-state index contributed by atoms with van der Waals surface area (Å²) in [5, 5.41) is 21.4. The number of aromatic hydroxyl groups is 1. The second-order valence-corrected chi connectivity index (χ2v) is 17.8. The number of piperidine rings is 4. The molecule has 0 bridgehead atoms. The van der Waals surface area contributed by atoms with Gasteiger partial charge in [0, 0.05) is 71.4 Å². The number of likely N-dealkylation sites (N-methyl/N-ethyl adjacent to an activating group) is 1. The van der Waals surface area contributed by atoms with E-state index in [1.165, 1.54) is 0 Å². The number of phenols is 1. The van der Waals surface area contributed by atoms with Crippen molar-refractivity contribution in [2.75, 3.05) is 62.7 Å². The first-order chi connectivity index (χ1) is 30.1. The highest BCUT2D eigenvalue weighted by Crippen LogP contribution is 2.40. The summed E-state index contributed by atoms with van der Waals surface area (Å²) in [6, 6.07) is 24.9. The molecular weight excluding hydrogens is 783 g/mol. The van der Waals surface area contributed by atoms with Gasteiger partial charge in [-0.3, -0.25) is 28.8 Å². The van der Waals surface area contributed by atoms with Gasteiger partial charge in [0.1, 0.15) is 11.8 Å². The van der Waals surface area contributed by atoms with Crippen LogP contribution < -0.4 is 20.8 Å². The maximum absolute atomic E-state index is 14.8. The van der Waals surface area contributed by atoms with Gasteiger partial charge in [0.2, 0.25) is 17.7 Å². The number of nitrogens with zero attached hydrogens (tertiary/aromatic N) is 8. The first-order valence-corrected chi connectivity index (χ1v) is 22.3. The molecule has 3 amide bonds. The number of rotatable bonds is 10. The molecule has 14 nitrogen and oxygen atoms in total. The van der Waals surface area contributed by atoms with Gasteiger partial charge in [0.05, 0.1) is 39.7 Å². The van der Waals surface area contributed by atoms with Crippen LogP contribution in [0.3, 0.4) is 0 Å². The minimum absolute atomic E-state index is 0.169. The SMILES string of the molecule is CN(C(=O)C1(c2ccccc2)CCN(c2cnnc(-c3ccccc3O)c2)CC1)C1CCN(CCC2CCN(c3cccc4c3n(C)c(=O)n4[C@@H]3CCC(=O)NC3=O)CC2)CC1. The van der Waals surface area contributed by atoms with Gasteiger partial charge in [0.25, 0.3) is 0 Å².